The number of anilines is 1. The van der Waals surface area contributed by atoms with Gasteiger partial charge in [0.1, 0.15) is 11.9 Å². The summed E-state index contributed by atoms with van der Waals surface area (Å²) in [6.07, 6.45) is 5.27. The predicted molar refractivity (Wildman–Crippen MR) is 86.0 cm³/mol. The molecule has 0 saturated carbocycles. The van der Waals surface area contributed by atoms with Gasteiger partial charge in [0, 0.05) is 30.7 Å². The van der Waals surface area contributed by atoms with Crippen LogP contribution >= 0.6 is 0 Å². The first-order chi connectivity index (χ1) is 10.9. The highest BCUT2D eigenvalue weighted by Crippen LogP contribution is 2.22. The maximum atomic E-state index is 9.35. The zero-order valence-corrected chi connectivity index (χ0v) is 11.9. The molecule has 4 nitrogen and oxygen atoms in total. The number of nitrogens with one attached hydrogen (secondary N) is 1. The van der Waals surface area contributed by atoms with E-state index in [-0.39, 0.29) is 0 Å². The third-order valence-corrected chi connectivity index (χ3v) is 3.32. The topological polar surface area (TPSA) is 61.6 Å². The molecule has 0 aliphatic rings. The Kier molecular flexibility index (Phi) is 4.08. The first-order valence-electron chi connectivity index (χ1n) is 6.95. The highest BCUT2D eigenvalue weighted by atomic mass is 15.0. The van der Waals surface area contributed by atoms with Crippen LogP contribution in [0.4, 0.5) is 5.82 Å². The molecule has 0 amide bonds. The molecule has 0 unspecified atom stereocenters. The van der Waals surface area contributed by atoms with Gasteiger partial charge in [-0.25, -0.2) is 4.98 Å². The van der Waals surface area contributed by atoms with E-state index in [4.69, 9.17) is 0 Å². The Morgan fingerprint density at radius 1 is 1.00 bits per heavy atom. The van der Waals surface area contributed by atoms with Gasteiger partial charge in [0.05, 0.1) is 5.56 Å². The first kappa shape index (κ1) is 13.8. The van der Waals surface area contributed by atoms with Gasteiger partial charge < -0.3 is 5.32 Å². The average molecular weight is 286 g/mol. The van der Waals surface area contributed by atoms with Crippen LogP contribution < -0.4 is 5.32 Å². The van der Waals surface area contributed by atoms with Gasteiger partial charge in [0.2, 0.25) is 0 Å². The summed E-state index contributed by atoms with van der Waals surface area (Å²) in [4.78, 5) is 8.38. The molecule has 0 aliphatic heterocycles. The second-order valence-electron chi connectivity index (χ2n) is 4.81. The Balaban J connectivity index is 1.83. The van der Waals surface area contributed by atoms with E-state index in [0.29, 0.717) is 17.9 Å². The normalized spacial score (nSPS) is 9.95. The van der Waals surface area contributed by atoms with Gasteiger partial charge in [-0.2, -0.15) is 5.26 Å². The Labute approximate surface area is 129 Å². The van der Waals surface area contributed by atoms with Crippen LogP contribution in [-0.2, 0) is 6.54 Å². The summed E-state index contributed by atoms with van der Waals surface area (Å²) in [5.41, 5.74) is 3.61. The molecule has 0 bridgehead atoms. The van der Waals surface area contributed by atoms with Gasteiger partial charge in [-0.05, 0) is 29.3 Å². The maximum Gasteiger partial charge on any atom is 0.144 e. The zero-order valence-electron chi connectivity index (χ0n) is 11.9. The fraction of sp³-hybridized carbons (Fsp3) is 0.0556. The summed E-state index contributed by atoms with van der Waals surface area (Å²) in [5.74, 6) is 0.596. The largest absolute Gasteiger partial charge is 0.365 e. The Morgan fingerprint density at radius 3 is 2.50 bits per heavy atom. The SMILES string of the molecule is N#Cc1cc(-c2ccccc2)cnc1NCc1ccncc1. The van der Waals surface area contributed by atoms with Crippen molar-refractivity contribution in [3.63, 3.8) is 0 Å². The van der Waals surface area contributed by atoms with Gasteiger partial charge in [0.15, 0.2) is 0 Å². The Morgan fingerprint density at radius 2 is 1.77 bits per heavy atom. The molecule has 2 heterocycles. The van der Waals surface area contributed by atoms with Gasteiger partial charge >= 0.3 is 0 Å². The number of hydrogen-bond donors (Lipinski definition) is 1. The maximum absolute atomic E-state index is 9.35. The van der Waals surface area contributed by atoms with Crippen molar-refractivity contribution < 1.29 is 0 Å². The highest BCUT2D eigenvalue weighted by molar-refractivity contribution is 5.67. The van der Waals surface area contributed by atoms with E-state index in [0.717, 1.165) is 16.7 Å². The molecule has 1 N–H and O–H groups in total. The molecule has 0 fully saturated rings. The van der Waals surface area contributed by atoms with E-state index in [2.05, 4.69) is 21.4 Å². The van der Waals surface area contributed by atoms with Crippen molar-refractivity contribution in [2.75, 3.05) is 5.32 Å². The number of nitriles is 1. The number of hydrogen-bond acceptors (Lipinski definition) is 4. The minimum Gasteiger partial charge on any atom is -0.365 e. The molecule has 1 aromatic carbocycles. The number of benzene rings is 1. The fourth-order valence-electron chi connectivity index (χ4n) is 2.17. The van der Waals surface area contributed by atoms with Crippen LogP contribution in [0, 0.1) is 11.3 Å². The molecule has 0 radical (unpaired) electrons. The molecule has 0 spiro atoms. The van der Waals surface area contributed by atoms with Crippen molar-refractivity contribution in [1.82, 2.24) is 9.97 Å². The molecule has 4 heteroatoms. The lowest BCUT2D eigenvalue weighted by atomic mass is 10.1. The van der Waals surface area contributed by atoms with Crippen molar-refractivity contribution >= 4 is 5.82 Å². The van der Waals surface area contributed by atoms with Gasteiger partial charge in [0.25, 0.3) is 0 Å². The summed E-state index contributed by atoms with van der Waals surface area (Å²) in [7, 11) is 0. The van der Waals surface area contributed by atoms with E-state index in [9.17, 15) is 5.26 Å². The quantitative estimate of drug-likeness (QED) is 0.795. The molecular weight excluding hydrogens is 272 g/mol. The van der Waals surface area contributed by atoms with E-state index in [1.807, 2.05) is 48.5 Å². The van der Waals surface area contributed by atoms with Crippen LogP contribution in [-0.4, -0.2) is 9.97 Å². The molecule has 0 saturated heterocycles. The van der Waals surface area contributed by atoms with Crippen molar-refractivity contribution in [2.45, 2.75) is 6.54 Å². The van der Waals surface area contributed by atoms with Crippen LogP contribution in [0.15, 0.2) is 67.1 Å². The average Bonchev–Trinajstić information content (AvgIpc) is 2.61. The second kappa shape index (κ2) is 6.51. The second-order valence-corrected chi connectivity index (χ2v) is 4.81. The molecular formula is C18H14N4. The summed E-state index contributed by atoms with van der Waals surface area (Å²) in [6.45, 7) is 0.606. The van der Waals surface area contributed by atoms with Gasteiger partial charge in [-0.3, -0.25) is 4.98 Å². The predicted octanol–water partition coefficient (Wildman–Crippen LogP) is 3.63. The van der Waals surface area contributed by atoms with E-state index in [1.165, 1.54) is 0 Å². The lowest BCUT2D eigenvalue weighted by Gasteiger charge is -2.09. The summed E-state index contributed by atoms with van der Waals surface area (Å²) < 4.78 is 0. The van der Waals surface area contributed by atoms with Gasteiger partial charge in [-0.15, -0.1) is 0 Å². The van der Waals surface area contributed by atoms with Crippen LogP contribution in [0.1, 0.15) is 11.1 Å². The molecule has 0 atom stereocenters. The molecule has 3 aromatic rings. The number of nitrogens with zero attached hydrogens (tertiary/aromatic N) is 3. The van der Waals surface area contributed by atoms with E-state index < -0.39 is 0 Å². The Hall–Kier alpha value is -3.19. The van der Waals surface area contributed by atoms with Crippen LogP contribution in [0.5, 0.6) is 0 Å². The molecule has 2 aromatic heterocycles. The minimum absolute atomic E-state index is 0.537. The number of rotatable bonds is 4. The molecule has 22 heavy (non-hydrogen) atoms. The van der Waals surface area contributed by atoms with Crippen LogP contribution in [0.2, 0.25) is 0 Å². The standard InChI is InChI=1S/C18H14N4/c19-11-16-10-17(15-4-2-1-3-5-15)13-22-18(16)21-12-14-6-8-20-9-7-14/h1-10,13H,12H2,(H,21,22). The summed E-state index contributed by atoms with van der Waals surface area (Å²) in [6, 6.07) is 17.8. The smallest absolute Gasteiger partial charge is 0.144 e. The highest BCUT2D eigenvalue weighted by Gasteiger charge is 2.06. The van der Waals surface area contributed by atoms with Crippen molar-refractivity contribution in [1.29, 1.82) is 5.26 Å². The lowest BCUT2D eigenvalue weighted by molar-refractivity contribution is 1.09. The van der Waals surface area contributed by atoms with Crippen molar-refractivity contribution in [3.05, 3.63) is 78.2 Å². The van der Waals surface area contributed by atoms with Crippen LogP contribution in [0.3, 0.4) is 0 Å². The summed E-state index contributed by atoms with van der Waals surface area (Å²) in [5, 5.41) is 12.5. The van der Waals surface area contributed by atoms with Crippen molar-refractivity contribution in [3.8, 4) is 17.2 Å². The minimum atomic E-state index is 0.537. The zero-order chi connectivity index (χ0) is 15.2. The first-order valence-corrected chi connectivity index (χ1v) is 6.95. The molecule has 3 rings (SSSR count). The number of pyridine rings is 2. The number of aromatic nitrogens is 2. The monoisotopic (exact) mass is 286 g/mol. The van der Waals surface area contributed by atoms with E-state index >= 15 is 0 Å². The third kappa shape index (κ3) is 3.10. The lowest BCUT2D eigenvalue weighted by Crippen LogP contribution is -2.03. The Bertz CT molecular complexity index is 792. The fourth-order valence-corrected chi connectivity index (χ4v) is 2.17. The summed E-state index contributed by atoms with van der Waals surface area (Å²) >= 11 is 0. The molecule has 106 valence electrons. The van der Waals surface area contributed by atoms with Crippen LogP contribution in [0.25, 0.3) is 11.1 Å². The van der Waals surface area contributed by atoms with Crippen molar-refractivity contribution in [2.24, 2.45) is 0 Å². The van der Waals surface area contributed by atoms with E-state index in [1.54, 1.807) is 18.6 Å². The molecule has 0 aliphatic carbocycles. The third-order valence-electron chi connectivity index (χ3n) is 3.32. The van der Waals surface area contributed by atoms with Gasteiger partial charge in [-0.1, -0.05) is 30.3 Å².